The van der Waals surface area contributed by atoms with E-state index in [1.165, 1.54) is 80.7 Å². The molecule has 9 aromatic carbocycles. The highest BCUT2D eigenvalue weighted by atomic mass is 32.1. The van der Waals surface area contributed by atoms with E-state index in [0.29, 0.717) is 17.5 Å². The van der Waals surface area contributed by atoms with Gasteiger partial charge in [0.15, 0.2) is 17.5 Å². The van der Waals surface area contributed by atoms with E-state index in [2.05, 4.69) is 202 Å². The minimum Gasteiger partial charge on any atom is -0.208 e. The summed E-state index contributed by atoms with van der Waals surface area (Å²) >= 11 is 1.81. The van der Waals surface area contributed by atoms with Crippen molar-refractivity contribution in [1.82, 2.24) is 15.0 Å². The maximum atomic E-state index is 5.35. The number of hydrogen-bond donors (Lipinski definition) is 0. The van der Waals surface area contributed by atoms with Gasteiger partial charge in [-0.05, 0) is 96.4 Å². The van der Waals surface area contributed by atoms with Gasteiger partial charge in [-0.2, -0.15) is 0 Å². The molecule has 0 fully saturated rings. The van der Waals surface area contributed by atoms with Crippen molar-refractivity contribution in [1.29, 1.82) is 0 Å². The first kappa shape index (κ1) is 34.7. The van der Waals surface area contributed by atoms with E-state index in [1.54, 1.807) is 0 Å². The van der Waals surface area contributed by atoms with Crippen LogP contribution in [0, 0.1) is 0 Å². The highest BCUT2D eigenvalue weighted by Crippen LogP contribution is 2.51. The quantitative estimate of drug-likeness (QED) is 0.163. The molecular formula is C56H37N3S. The molecule has 1 aliphatic carbocycles. The molecule has 0 unspecified atom stereocenters. The summed E-state index contributed by atoms with van der Waals surface area (Å²) in [4.78, 5) is 16.0. The lowest BCUT2D eigenvalue weighted by molar-refractivity contribution is 0.661. The molecule has 4 heteroatoms. The SMILES string of the molecule is CC1(C)c2cc(-c3ccccc3)ccc2-c2ccc(-c3nc(-c4cccc(-c5cccc6ccc7ccccc7c56)c4)nc(-c4cccc5sc6ccccc6c45)n3)cc21. The van der Waals surface area contributed by atoms with E-state index < -0.39 is 0 Å². The Bertz CT molecular complexity index is 3530. The van der Waals surface area contributed by atoms with Crippen molar-refractivity contribution in [3.63, 3.8) is 0 Å². The predicted octanol–water partition coefficient (Wildman–Crippen LogP) is 15.2. The summed E-state index contributed by atoms with van der Waals surface area (Å²) in [5, 5.41) is 7.34. The molecule has 0 spiro atoms. The average Bonchev–Trinajstić information content (AvgIpc) is 3.80. The second-order valence-electron chi connectivity index (χ2n) is 16.4. The molecule has 1 aliphatic rings. The fourth-order valence-electron chi connectivity index (χ4n) is 9.53. The van der Waals surface area contributed by atoms with Crippen LogP contribution in [0.2, 0.25) is 0 Å². The zero-order chi connectivity index (χ0) is 40.0. The minimum absolute atomic E-state index is 0.220. The summed E-state index contributed by atoms with van der Waals surface area (Å²) in [5.74, 6) is 1.97. The topological polar surface area (TPSA) is 38.7 Å². The number of benzene rings is 9. The van der Waals surface area contributed by atoms with Gasteiger partial charge < -0.3 is 0 Å². The molecule has 282 valence electrons. The van der Waals surface area contributed by atoms with Crippen molar-refractivity contribution in [2.75, 3.05) is 0 Å². The van der Waals surface area contributed by atoms with E-state index in [4.69, 9.17) is 15.0 Å². The Kier molecular flexibility index (Phi) is 7.75. The molecule has 0 aliphatic heterocycles. The minimum atomic E-state index is -0.220. The first-order chi connectivity index (χ1) is 29.5. The summed E-state index contributed by atoms with van der Waals surface area (Å²) < 4.78 is 2.47. The summed E-state index contributed by atoms with van der Waals surface area (Å²) in [6.07, 6.45) is 0. The van der Waals surface area contributed by atoms with Gasteiger partial charge in [0.1, 0.15) is 0 Å². The van der Waals surface area contributed by atoms with Crippen LogP contribution in [0.1, 0.15) is 25.0 Å². The Hall–Kier alpha value is -7.27. The number of fused-ring (bicyclic) bond motifs is 9. The molecule has 0 atom stereocenters. The van der Waals surface area contributed by atoms with Crippen molar-refractivity contribution >= 4 is 53.1 Å². The number of thiophene rings is 1. The van der Waals surface area contributed by atoms with Crippen LogP contribution in [0.5, 0.6) is 0 Å². The number of hydrogen-bond acceptors (Lipinski definition) is 4. The lowest BCUT2D eigenvalue weighted by Crippen LogP contribution is -2.15. The van der Waals surface area contributed by atoms with E-state index in [9.17, 15) is 0 Å². The third-order valence-corrected chi connectivity index (χ3v) is 13.7. The largest absolute Gasteiger partial charge is 0.208 e. The van der Waals surface area contributed by atoms with Gasteiger partial charge in [0, 0.05) is 42.3 Å². The fraction of sp³-hybridized carbons (Fsp3) is 0.0536. The zero-order valence-corrected chi connectivity index (χ0v) is 34.0. The van der Waals surface area contributed by atoms with Crippen LogP contribution in [0.3, 0.4) is 0 Å². The van der Waals surface area contributed by atoms with Crippen LogP contribution in [0.15, 0.2) is 188 Å². The second kappa shape index (κ2) is 13.4. The fourth-order valence-corrected chi connectivity index (χ4v) is 10.7. The molecule has 0 N–H and O–H groups in total. The number of aromatic nitrogens is 3. The van der Waals surface area contributed by atoms with Crippen LogP contribution in [0.4, 0.5) is 0 Å². The molecular weight excluding hydrogens is 747 g/mol. The molecule has 2 heterocycles. The number of rotatable bonds is 5. The van der Waals surface area contributed by atoms with E-state index in [-0.39, 0.29) is 5.41 Å². The lowest BCUT2D eigenvalue weighted by Gasteiger charge is -2.22. The molecule has 0 amide bonds. The maximum Gasteiger partial charge on any atom is 0.164 e. The van der Waals surface area contributed by atoms with Crippen molar-refractivity contribution < 1.29 is 0 Å². The molecule has 0 radical (unpaired) electrons. The van der Waals surface area contributed by atoms with Crippen molar-refractivity contribution in [3.8, 4) is 67.5 Å². The zero-order valence-electron chi connectivity index (χ0n) is 33.1. The highest BCUT2D eigenvalue weighted by molar-refractivity contribution is 7.25. The Balaban J connectivity index is 1.04. The van der Waals surface area contributed by atoms with Crippen LogP contribution in [-0.2, 0) is 5.41 Å². The van der Waals surface area contributed by atoms with E-state index in [1.807, 2.05) is 11.3 Å². The smallest absolute Gasteiger partial charge is 0.164 e. The Morgan fingerprint density at radius 1 is 0.350 bits per heavy atom. The monoisotopic (exact) mass is 783 g/mol. The maximum absolute atomic E-state index is 5.35. The van der Waals surface area contributed by atoms with Gasteiger partial charge in [-0.15, -0.1) is 11.3 Å². The first-order valence-corrected chi connectivity index (χ1v) is 21.3. The Morgan fingerprint density at radius 3 is 1.75 bits per heavy atom. The van der Waals surface area contributed by atoms with E-state index >= 15 is 0 Å². The molecule has 0 saturated heterocycles. The first-order valence-electron chi connectivity index (χ1n) is 20.5. The number of nitrogens with zero attached hydrogens (tertiary/aromatic N) is 3. The van der Waals surface area contributed by atoms with Gasteiger partial charge in [0.2, 0.25) is 0 Å². The van der Waals surface area contributed by atoms with Gasteiger partial charge >= 0.3 is 0 Å². The summed E-state index contributed by atoms with van der Waals surface area (Å²) in [6, 6.07) is 67.8. The van der Waals surface area contributed by atoms with Gasteiger partial charge in [0.25, 0.3) is 0 Å². The lowest BCUT2D eigenvalue weighted by atomic mass is 9.81. The molecule has 0 saturated carbocycles. The van der Waals surface area contributed by atoms with Crippen molar-refractivity contribution in [3.05, 3.63) is 199 Å². The Morgan fingerprint density at radius 2 is 0.917 bits per heavy atom. The highest BCUT2D eigenvalue weighted by Gasteiger charge is 2.36. The molecule has 11 aromatic rings. The van der Waals surface area contributed by atoms with Gasteiger partial charge in [-0.1, -0.05) is 172 Å². The summed E-state index contributed by atoms with van der Waals surface area (Å²) in [7, 11) is 0. The van der Waals surface area contributed by atoms with Gasteiger partial charge in [-0.3, -0.25) is 0 Å². The van der Waals surface area contributed by atoms with E-state index in [0.717, 1.165) is 22.3 Å². The third-order valence-electron chi connectivity index (χ3n) is 12.5. The van der Waals surface area contributed by atoms with Crippen molar-refractivity contribution in [2.45, 2.75) is 19.3 Å². The molecule has 0 bridgehead atoms. The van der Waals surface area contributed by atoms with Crippen LogP contribution in [-0.4, -0.2) is 15.0 Å². The normalized spacial score (nSPS) is 13.0. The molecule has 3 nitrogen and oxygen atoms in total. The summed E-state index contributed by atoms with van der Waals surface area (Å²) in [5.41, 5.74) is 12.6. The van der Waals surface area contributed by atoms with Crippen LogP contribution in [0.25, 0.3) is 109 Å². The summed E-state index contributed by atoms with van der Waals surface area (Å²) in [6.45, 7) is 4.68. The van der Waals surface area contributed by atoms with Gasteiger partial charge in [-0.25, -0.2) is 15.0 Å². The second-order valence-corrected chi connectivity index (χ2v) is 17.4. The molecule has 12 rings (SSSR count). The van der Waals surface area contributed by atoms with Crippen molar-refractivity contribution in [2.24, 2.45) is 0 Å². The molecule has 2 aromatic heterocycles. The average molecular weight is 784 g/mol. The predicted molar refractivity (Wildman–Crippen MR) is 252 cm³/mol. The Labute approximate surface area is 352 Å². The van der Waals surface area contributed by atoms with Crippen LogP contribution < -0.4 is 0 Å². The van der Waals surface area contributed by atoms with Gasteiger partial charge in [0.05, 0.1) is 0 Å². The third kappa shape index (κ3) is 5.45. The van der Waals surface area contributed by atoms with Crippen LogP contribution >= 0.6 is 11.3 Å². The molecule has 60 heavy (non-hydrogen) atoms. The standard InChI is InChI=1S/C56H37N3S/c1-56(2)47-32-37(34-13-4-3-5-14-34)27-29-43(47)44-30-28-40(33-48(44)56)54-57-53(58-55(59-54)46-22-12-24-50-52(46)45-20-8-9-23-49(45)60-50)39-18-10-17-38(31-39)42-21-11-16-36-26-25-35-15-6-7-19-41(35)51(36)42/h3-33H,1-2H3.